The standard InChI is InChI=1S/C27H45NO2/c1-15-4-7-25-16(2)18-5-6-19-20(22(18)14-28(25)13-15)11-23-21(19)12-26(30)24-10-17(29)8-9-27(23,24)3/h15-26,29-30H,4-14H2,1-3H3/t15-,16?,17-,18+,19+,20+,21-,22+,23-,24+,25-,26+,27+/m0/s1. The third-order valence-electron chi connectivity index (χ3n) is 12.0. The SMILES string of the molecule is CC1[C@H]2CC[C@@H]3[C@@H](C[C@H]4[C@H]3C[C@@H](O)[C@H]3C[C@@H](O)CC[C@@]34C)[C@@H]2CN2C[C@@H](C)CC[C@@H]12. The molecule has 1 unspecified atom stereocenters. The van der Waals surface area contributed by atoms with Crippen LogP contribution in [0.25, 0.3) is 0 Å². The average molecular weight is 416 g/mol. The molecule has 0 amide bonds. The monoisotopic (exact) mass is 415 g/mol. The Hall–Kier alpha value is -0.120. The topological polar surface area (TPSA) is 43.7 Å². The summed E-state index contributed by atoms with van der Waals surface area (Å²) in [6, 6.07) is 0.853. The number of rotatable bonds is 0. The summed E-state index contributed by atoms with van der Waals surface area (Å²) in [6.45, 7) is 10.3. The van der Waals surface area contributed by atoms with E-state index in [1.165, 1.54) is 45.2 Å². The van der Waals surface area contributed by atoms with Crippen LogP contribution in [0.1, 0.15) is 78.6 Å². The lowest BCUT2D eigenvalue weighted by molar-refractivity contribution is -0.130. The van der Waals surface area contributed by atoms with Crippen LogP contribution in [0, 0.1) is 58.7 Å². The average Bonchev–Trinajstić information content (AvgIpc) is 3.09. The minimum absolute atomic E-state index is 0.180. The molecule has 6 aliphatic rings. The van der Waals surface area contributed by atoms with Gasteiger partial charge in [0.15, 0.2) is 0 Å². The van der Waals surface area contributed by atoms with Crippen molar-refractivity contribution in [3.63, 3.8) is 0 Å². The van der Waals surface area contributed by atoms with E-state index in [0.717, 1.165) is 79.1 Å². The Morgan fingerprint density at radius 1 is 0.733 bits per heavy atom. The van der Waals surface area contributed by atoms with Crippen LogP contribution in [0.3, 0.4) is 0 Å². The van der Waals surface area contributed by atoms with Crippen LogP contribution in [0.2, 0.25) is 0 Å². The number of piperidine rings is 2. The largest absolute Gasteiger partial charge is 0.393 e. The van der Waals surface area contributed by atoms with E-state index >= 15 is 0 Å². The summed E-state index contributed by atoms with van der Waals surface area (Å²) < 4.78 is 0. The van der Waals surface area contributed by atoms with Gasteiger partial charge in [0, 0.05) is 19.1 Å². The van der Waals surface area contributed by atoms with Crippen molar-refractivity contribution in [1.82, 2.24) is 4.90 Å². The van der Waals surface area contributed by atoms with E-state index in [1.54, 1.807) is 0 Å². The molecule has 3 nitrogen and oxygen atoms in total. The molecule has 0 bridgehead atoms. The molecule has 2 aliphatic heterocycles. The minimum atomic E-state index is -0.181. The summed E-state index contributed by atoms with van der Waals surface area (Å²) in [5, 5.41) is 21.5. The van der Waals surface area contributed by atoms with Crippen LogP contribution in [-0.2, 0) is 0 Å². The fourth-order valence-electron chi connectivity index (χ4n) is 10.6. The normalized spacial score (nSPS) is 60.7. The fraction of sp³-hybridized carbons (Fsp3) is 1.00. The van der Waals surface area contributed by atoms with Gasteiger partial charge in [-0.25, -0.2) is 0 Å². The lowest BCUT2D eigenvalue weighted by atomic mass is 9.51. The molecule has 0 aromatic carbocycles. The van der Waals surface area contributed by atoms with Crippen molar-refractivity contribution in [3.8, 4) is 0 Å². The van der Waals surface area contributed by atoms with Crippen LogP contribution < -0.4 is 0 Å². The van der Waals surface area contributed by atoms with Gasteiger partial charge in [0.1, 0.15) is 0 Å². The van der Waals surface area contributed by atoms with Crippen LogP contribution >= 0.6 is 0 Å². The molecular weight excluding hydrogens is 370 g/mol. The van der Waals surface area contributed by atoms with Crippen molar-refractivity contribution >= 4 is 0 Å². The number of aliphatic hydroxyl groups is 2. The summed E-state index contributed by atoms with van der Waals surface area (Å²) in [4.78, 5) is 2.92. The van der Waals surface area contributed by atoms with E-state index in [1.807, 2.05) is 0 Å². The molecule has 13 atom stereocenters. The predicted octanol–water partition coefficient (Wildman–Crippen LogP) is 4.56. The molecule has 4 aliphatic carbocycles. The molecule has 2 N–H and O–H groups in total. The lowest BCUT2D eigenvalue weighted by Crippen LogP contribution is -2.58. The van der Waals surface area contributed by atoms with Gasteiger partial charge in [-0.2, -0.15) is 0 Å². The molecule has 6 fully saturated rings. The maximum Gasteiger partial charge on any atom is 0.0577 e. The Morgan fingerprint density at radius 2 is 1.53 bits per heavy atom. The van der Waals surface area contributed by atoms with Crippen LogP contribution in [-0.4, -0.2) is 46.5 Å². The molecule has 2 saturated heterocycles. The molecule has 0 aromatic heterocycles. The van der Waals surface area contributed by atoms with Gasteiger partial charge < -0.3 is 10.2 Å². The molecule has 0 radical (unpaired) electrons. The second-order valence-electron chi connectivity index (χ2n) is 13.1. The Balaban J connectivity index is 1.28. The zero-order valence-electron chi connectivity index (χ0n) is 19.5. The van der Waals surface area contributed by atoms with Gasteiger partial charge in [-0.1, -0.05) is 20.8 Å². The van der Waals surface area contributed by atoms with E-state index in [4.69, 9.17) is 0 Å². The van der Waals surface area contributed by atoms with E-state index in [0.29, 0.717) is 5.92 Å². The first-order chi connectivity index (χ1) is 14.4. The number of nitrogens with zero attached hydrogens (tertiary/aromatic N) is 1. The first kappa shape index (κ1) is 20.5. The molecule has 3 heteroatoms. The third kappa shape index (κ3) is 2.86. The summed E-state index contributed by atoms with van der Waals surface area (Å²) in [6.07, 6.45) is 10.7. The third-order valence-corrected chi connectivity index (χ3v) is 12.0. The lowest BCUT2D eigenvalue weighted by Gasteiger charge is -2.56. The van der Waals surface area contributed by atoms with Crippen molar-refractivity contribution in [3.05, 3.63) is 0 Å². The second kappa shape index (κ2) is 7.19. The summed E-state index contributed by atoms with van der Waals surface area (Å²) >= 11 is 0. The summed E-state index contributed by atoms with van der Waals surface area (Å²) in [7, 11) is 0. The van der Waals surface area contributed by atoms with Crippen molar-refractivity contribution in [1.29, 1.82) is 0 Å². The van der Waals surface area contributed by atoms with Crippen LogP contribution in [0.5, 0.6) is 0 Å². The number of fused-ring (bicyclic) bond motifs is 8. The van der Waals surface area contributed by atoms with Gasteiger partial charge in [0.25, 0.3) is 0 Å². The molecule has 4 saturated carbocycles. The van der Waals surface area contributed by atoms with Gasteiger partial charge in [0.2, 0.25) is 0 Å². The zero-order valence-corrected chi connectivity index (χ0v) is 19.5. The molecular formula is C27H45NO2. The van der Waals surface area contributed by atoms with Gasteiger partial charge >= 0.3 is 0 Å². The van der Waals surface area contributed by atoms with Crippen molar-refractivity contribution < 1.29 is 10.2 Å². The van der Waals surface area contributed by atoms with Crippen molar-refractivity contribution in [2.24, 2.45) is 58.7 Å². The fourth-order valence-corrected chi connectivity index (χ4v) is 10.6. The van der Waals surface area contributed by atoms with Crippen molar-refractivity contribution in [2.75, 3.05) is 13.1 Å². The first-order valence-corrected chi connectivity index (χ1v) is 13.5. The number of aliphatic hydroxyl groups excluding tert-OH is 2. The van der Waals surface area contributed by atoms with E-state index < -0.39 is 0 Å². The summed E-state index contributed by atoms with van der Waals surface area (Å²) in [5.74, 6) is 7.22. The highest BCUT2D eigenvalue weighted by Gasteiger charge is 2.62. The van der Waals surface area contributed by atoms with Gasteiger partial charge in [-0.05, 0) is 116 Å². The Labute approximate surface area is 184 Å². The predicted molar refractivity (Wildman–Crippen MR) is 120 cm³/mol. The molecule has 0 aromatic rings. The van der Waals surface area contributed by atoms with Crippen molar-refractivity contribution in [2.45, 2.75) is 96.8 Å². The maximum absolute atomic E-state index is 11.2. The van der Waals surface area contributed by atoms with Gasteiger partial charge in [-0.15, -0.1) is 0 Å². The van der Waals surface area contributed by atoms with E-state index in [-0.39, 0.29) is 17.6 Å². The Kier molecular flexibility index (Phi) is 4.91. The zero-order chi connectivity index (χ0) is 20.8. The molecule has 170 valence electrons. The van der Waals surface area contributed by atoms with E-state index in [9.17, 15) is 10.2 Å². The maximum atomic E-state index is 11.2. The number of hydrogen-bond acceptors (Lipinski definition) is 3. The van der Waals surface area contributed by atoms with E-state index in [2.05, 4.69) is 25.7 Å². The molecule has 30 heavy (non-hydrogen) atoms. The second-order valence-corrected chi connectivity index (χ2v) is 13.1. The van der Waals surface area contributed by atoms with Gasteiger partial charge in [-0.3, -0.25) is 4.90 Å². The smallest absolute Gasteiger partial charge is 0.0577 e. The molecule has 2 heterocycles. The first-order valence-electron chi connectivity index (χ1n) is 13.5. The highest BCUT2D eigenvalue weighted by Crippen LogP contribution is 2.67. The Bertz CT molecular complexity index is 665. The van der Waals surface area contributed by atoms with Crippen LogP contribution in [0.15, 0.2) is 0 Å². The quantitative estimate of drug-likeness (QED) is 0.609. The molecule has 6 rings (SSSR count). The van der Waals surface area contributed by atoms with Gasteiger partial charge in [0.05, 0.1) is 12.2 Å². The summed E-state index contributed by atoms with van der Waals surface area (Å²) in [5.41, 5.74) is 0.261. The highest BCUT2D eigenvalue weighted by molar-refractivity contribution is 5.12. The van der Waals surface area contributed by atoms with Crippen LogP contribution in [0.4, 0.5) is 0 Å². The molecule has 0 spiro atoms. The number of hydrogen-bond donors (Lipinski definition) is 2. The minimum Gasteiger partial charge on any atom is -0.393 e. The highest BCUT2D eigenvalue weighted by atomic mass is 16.3. The Morgan fingerprint density at radius 3 is 2.37 bits per heavy atom.